The maximum atomic E-state index is 11.3. The van der Waals surface area contributed by atoms with Crippen LogP contribution in [-0.4, -0.2) is 33.1 Å². The number of nitrogens with zero attached hydrogens (tertiary/aromatic N) is 3. The average molecular weight is 471 g/mol. The van der Waals surface area contributed by atoms with Crippen LogP contribution in [0.25, 0.3) is 21.6 Å². The highest BCUT2D eigenvalue weighted by Crippen LogP contribution is 2.35. The minimum atomic E-state index is -1.04. The van der Waals surface area contributed by atoms with Gasteiger partial charge in [0.25, 0.3) is 0 Å². The van der Waals surface area contributed by atoms with E-state index < -0.39 is 10.9 Å². The summed E-state index contributed by atoms with van der Waals surface area (Å²) in [4.78, 5) is 31.4. The van der Waals surface area contributed by atoms with E-state index in [1.54, 1.807) is 24.3 Å². The molecule has 162 valence electrons. The molecule has 0 atom stereocenters. The fourth-order valence-corrected chi connectivity index (χ4v) is 4.16. The number of carboxylic acid groups (broad SMARTS) is 1. The lowest BCUT2D eigenvalue weighted by Crippen LogP contribution is -2.04. The lowest BCUT2D eigenvalue weighted by Gasteiger charge is -2.10. The molecule has 11 heteroatoms. The van der Waals surface area contributed by atoms with Gasteiger partial charge in [0.1, 0.15) is 16.4 Å². The van der Waals surface area contributed by atoms with Crippen molar-refractivity contribution in [2.24, 2.45) is 0 Å². The fourth-order valence-electron chi connectivity index (χ4n) is 3.03. The number of halogens is 1. The van der Waals surface area contributed by atoms with Crippen LogP contribution in [0.15, 0.2) is 48.5 Å². The predicted octanol–water partition coefficient (Wildman–Crippen LogP) is 5.24. The van der Waals surface area contributed by atoms with Gasteiger partial charge in [-0.15, -0.1) is 0 Å². The highest BCUT2D eigenvalue weighted by atomic mass is 35.5. The molecule has 0 aliphatic rings. The Balaban J connectivity index is 1.72. The molecule has 9 nitrogen and oxygen atoms in total. The molecule has 0 spiro atoms. The van der Waals surface area contributed by atoms with Crippen molar-refractivity contribution in [3.05, 3.63) is 74.8 Å². The molecule has 0 unspecified atom stereocenters. The standard InChI is InChI=1S/C21H15ClN4O5S/c1-31-16-7-2-11(8-15(16)22)10-23-19-14-9-17(26(29)30)32-20(14)25-18(24-19)12-3-5-13(6-4-12)21(27)28/h2-9H,10H2,1H3,(H,27,28)(H,23,24,25). The first-order valence-corrected chi connectivity index (χ1v) is 10.4. The van der Waals surface area contributed by atoms with Gasteiger partial charge in [-0.1, -0.05) is 29.8 Å². The number of nitro groups is 1. The normalized spacial score (nSPS) is 10.8. The summed E-state index contributed by atoms with van der Waals surface area (Å²) in [5.41, 5.74) is 1.58. The Morgan fingerprint density at radius 3 is 2.59 bits per heavy atom. The van der Waals surface area contributed by atoms with Gasteiger partial charge in [-0.25, -0.2) is 14.8 Å². The number of aromatic carboxylic acids is 1. The third kappa shape index (κ3) is 4.32. The topological polar surface area (TPSA) is 127 Å². The fraction of sp³-hybridized carbons (Fsp3) is 0.0952. The molecule has 32 heavy (non-hydrogen) atoms. The van der Waals surface area contributed by atoms with Crippen LogP contribution in [0.3, 0.4) is 0 Å². The number of anilines is 1. The summed E-state index contributed by atoms with van der Waals surface area (Å²) in [6.45, 7) is 0.358. The van der Waals surface area contributed by atoms with E-state index in [0.29, 0.717) is 44.7 Å². The molecule has 0 aliphatic carbocycles. The highest BCUT2D eigenvalue weighted by molar-refractivity contribution is 7.21. The van der Waals surface area contributed by atoms with E-state index >= 15 is 0 Å². The minimum absolute atomic E-state index is 0.0526. The Labute approximate surface area is 190 Å². The maximum absolute atomic E-state index is 11.3. The van der Waals surface area contributed by atoms with Crippen molar-refractivity contribution in [3.8, 4) is 17.1 Å². The van der Waals surface area contributed by atoms with Crippen molar-refractivity contribution in [2.75, 3.05) is 12.4 Å². The molecule has 0 fully saturated rings. The Morgan fingerprint density at radius 1 is 1.22 bits per heavy atom. The van der Waals surface area contributed by atoms with Crippen molar-refractivity contribution in [3.63, 3.8) is 0 Å². The second kappa shape index (κ2) is 8.77. The summed E-state index contributed by atoms with van der Waals surface area (Å²) >= 11 is 7.13. The van der Waals surface area contributed by atoms with E-state index in [1.807, 2.05) is 6.07 Å². The van der Waals surface area contributed by atoms with Crippen LogP contribution in [-0.2, 0) is 6.54 Å². The lowest BCUT2D eigenvalue weighted by molar-refractivity contribution is -0.380. The van der Waals surface area contributed by atoms with Crippen molar-refractivity contribution in [1.82, 2.24) is 9.97 Å². The van der Waals surface area contributed by atoms with E-state index in [0.717, 1.165) is 16.9 Å². The molecule has 2 N–H and O–H groups in total. The number of methoxy groups -OCH3 is 1. The number of hydrogen-bond acceptors (Lipinski definition) is 8. The van der Waals surface area contributed by atoms with Crippen LogP contribution in [0.2, 0.25) is 5.02 Å². The minimum Gasteiger partial charge on any atom is -0.495 e. The van der Waals surface area contributed by atoms with Gasteiger partial charge in [0, 0.05) is 18.2 Å². The summed E-state index contributed by atoms with van der Waals surface area (Å²) in [7, 11) is 1.53. The third-order valence-corrected chi connectivity index (χ3v) is 5.90. The summed E-state index contributed by atoms with van der Waals surface area (Å²) in [6.07, 6.45) is 0. The van der Waals surface area contributed by atoms with Crippen LogP contribution >= 0.6 is 22.9 Å². The van der Waals surface area contributed by atoms with Crippen LogP contribution in [0.4, 0.5) is 10.8 Å². The van der Waals surface area contributed by atoms with E-state index in [1.165, 1.54) is 25.3 Å². The monoisotopic (exact) mass is 470 g/mol. The van der Waals surface area contributed by atoms with Gasteiger partial charge in [0.15, 0.2) is 5.82 Å². The first kappa shape index (κ1) is 21.5. The maximum Gasteiger partial charge on any atom is 0.335 e. The SMILES string of the molecule is COc1ccc(CNc2nc(-c3ccc(C(=O)O)cc3)nc3sc([N+](=O)[O-])cc23)cc1Cl. The number of nitrogens with one attached hydrogen (secondary N) is 1. The van der Waals surface area contributed by atoms with Gasteiger partial charge in [-0.2, -0.15) is 0 Å². The number of thiophene rings is 1. The molecule has 0 amide bonds. The van der Waals surface area contributed by atoms with E-state index in [2.05, 4.69) is 15.3 Å². The highest BCUT2D eigenvalue weighted by Gasteiger charge is 2.18. The number of ether oxygens (including phenoxy) is 1. The Morgan fingerprint density at radius 2 is 1.97 bits per heavy atom. The number of hydrogen-bond donors (Lipinski definition) is 2. The number of rotatable bonds is 7. The molecular formula is C21H15ClN4O5S. The zero-order chi connectivity index (χ0) is 22.8. The molecule has 0 bridgehead atoms. The zero-order valence-corrected chi connectivity index (χ0v) is 18.1. The van der Waals surface area contributed by atoms with Gasteiger partial charge in [-0.05, 0) is 41.2 Å². The number of fused-ring (bicyclic) bond motifs is 1. The summed E-state index contributed by atoms with van der Waals surface area (Å²) in [5.74, 6) is 0.257. The van der Waals surface area contributed by atoms with Gasteiger partial charge in [0.05, 0.1) is 28.0 Å². The van der Waals surface area contributed by atoms with Crippen molar-refractivity contribution < 1.29 is 19.6 Å². The van der Waals surface area contributed by atoms with Crippen molar-refractivity contribution >= 4 is 49.9 Å². The van der Waals surface area contributed by atoms with Crippen molar-refractivity contribution in [2.45, 2.75) is 6.54 Å². The molecule has 0 saturated heterocycles. The summed E-state index contributed by atoms with van der Waals surface area (Å²) in [5, 5.41) is 24.5. The molecule has 2 heterocycles. The smallest absolute Gasteiger partial charge is 0.335 e. The first-order chi connectivity index (χ1) is 15.4. The van der Waals surface area contributed by atoms with E-state index in [-0.39, 0.29) is 10.6 Å². The first-order valence-electron chi connectivity index (χ1n) is 9.21. The Kier molecular flexibility index (Phi) is 5.89. The molecule has 2 aromatic carbocycles. The predicted molar refractivity (Wildman–Crippen MR) is 122 cm³/mol. The van der Waals surface area contributed by atoms with Crippen LogP contribution in [0.5, 0.6) is 5.75 Å². The molecule has 0 saturated carbocycles. The quantitative estimate of drug-likeness (QED) is 0.277. The molecule has 2 aromatic heterocycles. The second-order valence-corrected chi connectivity index (χ2v) is 8.08. The van der Waals surface area contributed by atoms with Crippen LogP contribution in [0.1, 0.15) is 15.9 Å². The third-order valence-electron chi connectivity index (χ3n) is 4.63. The van der Waals surface area contributed by atoms with Gasteiger partial charge >= 0.3 is 11.0 Å². The van der Waals surface area contributed by atoms with Gasteiger partial charge in [0.2, 0.25) is 0 Å². The number of carbonyl (C=O) groups is 1. The van der Waals surface area contributed by atoms with E-state index in [4.69, 9.17) is 21.4 Å². The molecule has 4 rings (SSSR count). The van der Waals surface area contributed by atoms with Crippen LogP contribution < -0.4 is 10.1 Å². The van der Waals surface area contributed by atoms with Gasteiger partial charge in [-0.3, -0.25) is 10.1 Å². The molecule has 0 aliphatic heterocycles. The van der Waals surface area contributed by atoms with Gasteiger partial charge < -0.3 is 15.2 Å². The van der Waals surface area contributed by atoms with Crippen LogP contribution in [0, 0.1) is 10.1 Å². The zero-order valence-electron chi connectivity index (χ0n) is 16.5. The molecule has 4 aromatic rings. The summed E-state index contributed by atoms with van der Waals surface area (Å²) in [6, 6.07) is 12.9. The largest absolute Gasteiger partial charge is 0.495 e. The number of benzene rings is 2. The Bertz CT molecular complexity index is 1340. The molecule has 0 radical (unpaired) electrons. The summed E-state index contributed by atoms with van der Waals surface area (Å²) < 4.78 is 5.16. The lowest BCUT2D eigenvalue weighted by atomic mass is 10.1. The number of carboxylic acids is 1. The van der Waals surface area contributed by atoms with Crippen molar-refractivity contribution in [1.29, 1.82) is 0 Å². The van der Waals surface area contributed by atoms with E-state index in [9.17, 15) is 14.9 Å². The number of aromatic nitrogens is 2. The molecular weight excluding hydrogens is 456 g/mol. The average Bonchev–Trinajstić information content (AvgIpc) is 3.22. The second-order valence-electron chi connectivity index (χ2n) is 6.66. The Hall–Kier alpha value is -3.76.